The summed E-state index contributed by atoms with van der Waals surface area (Å²) >= 11 is 0. The van der Waals surface area contributed by atoms with E-state index < -0.39 is 23.6 Å². The lowest BCUT2D eigenvalue weighted by Gasteiger charge is -2.43. The summed E-state index contributed by atoms with van der Waals surface area (Å²) in [7, 11) is 0. The minimum Gasteiger partial charge on any atom is -0.481 e. The third kappa shape index (κ3) is 2.52. The smallest absolute Gasteiger partial charge is 0.306 e. The topological polar surface area (TPSA) is 83.6 Å². The Morgan fingerprint density at radius 1 is 1.47 bits per heavy atom. The third-order valence-corrected chi connectivity index (χ3v) is 3.57. The lowest BCUT2D eigenvalue weighted by atomic mass is 9.86. The quantitative estimate of drug-likeness (QED) is 0.854. The number of anilines is 1. The van der Waals surface area contributed by atoms with Crippen molar-refractivity contribution in [2.75, 3.05) is 18.0 Å². The highest BCUT2D eigenvalue weighted by Crippen LogP contribution is 2.32. The number of rotatable bonds is 4. The Balaban J connectivity index is 2.14. The number of carboxylic acid groups (broad SMARTS) is 1. The fourth-order valence-corrected chi connectivity index (χ4v) is 2.21. The first-order chi connectivity index (χ1) is 8.90. The van der Waals surface area contributed by atoms with Gasteiger partial charge in [0, 0.05) is 24.7 Å². The first-order valence-electron chi connectivity index (χ1n) is 5.97. The van der Waals surface area contributed by atoms with E-state index in [1.165, 1.54) is 12.1 Å². The number of primary amides is 1. The van der Waals surface area contributed by atoms with Crippen molar-refractivity contribution in [1.29, 1.82) is 0 Å². The van der Waals surface area contributed by atoms with E-state index in [4.69, 9.17) is 10.8 Å². The second kappa shape index (κ2) is 4.87. The molecule has 0 saturated carbocycles. The molecule has 1 atom stereocenters. The first-order valence-corrected chi connectivity index (χ1v) is 5.97. The number of carbonyl (C=O) groups excluding carboxylic acids is 1. The van der Waals surface area contributed by atoms with Crippen LogP contribution in [0.25, 0.3) is 0 Å². The Kier molecular flexibility index (Phi) is 3.42. The minimum absolute atomic E-state index is 0.0308. The molecule has 1 fully saturated rings. The number of nitrogens with two attached hydrogens (primary N) is 1. The molecule has 1 aromatic carbocycles. The molecule has 1 heterocycles. The Labute approximate surface area is 109 Å². The van der Waals surface area contributed by atoms with Crippen LogP contribution >= 0.6 is 0 Å². The maximum atomic E-state index is 13.1. The Hall–Kier alpha value is -2.11. The van der Waals surface area contributed by atoms with E-state index >= 15 is 0 Å². The summed E-state index contributed by atoms with van der Waals surface area (Å²) in [5, 5.41) is 8.91. The second-order valence-corrected chi connectivity index (χ2v) is 4.82. The Morgan fingerprint density at radius 2 is 2.11 bits per heavy atom. The monoisotopic (exact) mass is 266 g/mol. The van der Waals surface area contributed by atoms with Crippen LogP contribution in [0.15, 0.2) is 18.2 Å². The molecule has 19 heavy (non-hydrogen) atoms. The molecule has 1 amide bonds. The zero-order valence-electron chi connectivity index (χ0n) is 10.5. The predicted molar refractivity (Wildman–Crippen MR) is 67.4 cm³/mol. The van der Waals surface area contributed by atoms with E-state index in [0.717, 1.165) is 6.07 Å². The molecule has 0 bridgehead atoms. The van der Waals surface area contributed by atoms with Gasteiger partial charge in [0.05, 0.1) is 11.5 Å². The average Bonchev–Trinajstić information content (AvgIpc) is 2.28. The molecule has 0 radical (unpaired) electrons. The van der Waals surface area contributed by atoms with Gasteiger partial charge in [0.25, 0.3) is 5.91 Å². The molecule has 1 unspecified atom stereocenters. The lowest BCUT2D eigenvalue weighted by Crippen LogP contribution is -2.51. The lowest BCUT2D eigenvalue weighted by molar-refractivity contribution is -0.143. The molecular formula is C13H15FN2O3. The number of nitrogens with zero attached hydrogens (tertiary/aromatic N) is 1. The molecule has 0 aliphatic carbocycles. The van der Waals surface area contributed by atoms with Crippen molar-refractivity contribution in [2.24, 2.45) is 17.6 Å². The van der Waals surface area contributed by atoms with Crippen molar-refractivity contribution in [3.05, 3.63) is 29.6 Å². The maximum absolute atomic E-state index is 13.1. The Morgan fingerprint density at radius 3 is 2.63 bits per heavy atom. The molecule has 2 rings (SSSR count). The number of halogens is 1. The van der Waals surface area contributed by atoms with Gasteiger partial charge in [-0.05, 0) is 18.2 Å². The van der Waals surface area contributed by atoms with Crippen molar-refractivity contribution in [1.82, 2.24) is 0 Å². The van der Waals surface area contributed by atoms with E-state index in [-0.39, 0.29) is 11.5 Å². The number of aliphatic carboxylic acids is 1. The third-order valence-electron chi connectivity index (χ3n) is 3.57. The van der Waals surface area contributed by atoms with E-state index in [2.05, 4.69) is 0 Å². The van der Waals surface area contributed by atoms with Crippen LogP contribution in [-0.4, -0.2) is 30.1 Å². The van der Waals surface area contributed by atoms with E-state index in [0.29, 0.717) is 18.8 Å². The summed E-state index contributed by atoms with van der Waals surface area (Å²) in [6.07, 6.45) is 0. The van der Waals surface area contributed by atoms with Crippen molar-refractivity contribution < 1.29 is 19.1 Å². The maximum Gasteiger partial charge on any atom is 0.306 e. The van der Waals surface area contributed by atoms with Gasteiger partial charge in [-0.15, -0.1) is 0 Å². The standard InChI is InChI=1S/C13H15FN2O3/c1-7(13(18)19)8-5-16(6-8)11-3-2-9(14)4-10(11)12(15)17/h2-4,7-8H,5-6H2,1H3,(H2,15,17)(H,18,19). The molecule has 1 aliphatic heterocycles. The van der Waals surface area contributed by atoms with Crippen LogP contribution in [0.4, 0.5) is 10.1 Å². The van der Waals surface area contributed by atoms with Gasteiger partial charge in [-0.3, -0.25) is 9.59 Å². The molecule has 1 aromatic rings. The zero-order chi connectivity index (χ0) is 14.2. The molecule has 0 spiro atoms. The SMILES string of the molecule is CC(C(=O)O)C1CN(c2ccc(F)cc2C(N)=O)C1. The second-order valence-electron chi connectivity index (χ2n) is 4.82. The summed E-state index contributed by atoms with van der Waals surface area (Å²) in [6.45, 7) is 2.71. The van der Waals surface area contributed by atoms with Gasteiger partial charge in [0.2, 0.25) is 0 Å². The highest BCUT2D eigenvalue weighted by Gasteiger charge is 2.35. The molecule has 0 aromatic heterocycles. The normalized spacial score (nSPS) is 16.8. The molecule has 1 saturated heterocycles. The van der Waals surface area contributed by atoms with Crippen LogP contribution in [0.2, 0.25) is 0 Å². The van der Waals surface area contributed by atoms with Crippen LogP contribution in [0.5, 0.6) is 0 Å². The number of hydrogen-bond donors (Lipinski definition) is 2. The highest BCUT2D eigenvalue weighted by molar-refractivity contribution is 5.98. The van der Waals surface area contributed by atoms with Gasteiger partial charge in [-0.2, -0.15) is 0 Å². The number of amides is 1. The van der Waals surface area contributed by atoms with Gasteiger partial charge in [-0.1, -0.05) is 6.92 Å². The molecule has 1 aliphatic rings. The molecular weight excluding hydrogens is 251 g/mol. The van der Waals surface area contributed by atoms with Gasteiger partial charge in [-0.25, -0.2) is 4.39 Å². The largest absolute Gasteiger partial charge is 0.481 e. The average molecular weight is 266 g/mol. The van der Waals surface area contributed by atoms with E-state index in [1.807, 2.05) is 4.90 Å². The van der Waals surface area contributed by atoms with Crippen molar-refractivity contribution in [2.45, 2.75) is 6.92 Å². The van der Waals surface area contributed by atoms with Crippen LogP contribution in [0.3, 0.4) is 0 Å². The fourth-order valence-electron chi connectivity index (χ4n) is 2.21. The van der Waals surface area contributed by atoms with Crippen molar-refractivity contribution >= 4 is 17.6 Å². The van der Waals surface area contributed by atoms with E-state index in [1.54, 1.807) is 6.92 Å². The summed E-state index contributed by atoms with van der Waals surface area (Å²) in [4.78, 5) is 24.0. The molecule has 6 heteroatoms. The van der Waals surface area contributed by atoms with Crippen molar-refractivity contribution in [3.63, 3.8) is 0 Å². The number of hydrogen-bond acceptors (Lipinski definition) is 3. The number of benzene rings is 1. The predicted octanol–water partition coefficient (Wildman–Crippen LogP) is 1.08. The molecule has 102 valence electrons. The van der Waals surface area contributed by atoms with Crippen LogP contribution in [0.1, 0.15) is 17.3 Å². The Bertz CT molecular complexity index is 527. The number of carboxylic acids is 1. The van der Waals surface area contributed by atoms with Gasteiger partial charge in [0.15, 0.2) is 0 Å². The van der Waals surface area contributed by atoms with Crippen molar-refractivity contribution in [3.8, 4) is 0 Å². The first kappa shape index (κ1) is 13.3. The summed E-state index contributed by atoms with van der Waals surface area (Å²) in [5.41, 5.74) is 5.90. The fraction of sp³-hybridized carbons (Fsp3) is 0.385. The summed E-state index contributed by atoms with van der Waals surface area (Å²) in [6, 6.07) is 3.86. The van der Waals surface area contributed by atoms with Gasteiger partial charge in [0.1, 0.15) is 5.82 Å². The number of carbonyl (C=O) groups is 2. The van der Waals surface area contributed by atoms with Gasteiger partial charge < -0.3 is 15.7 Å². The highest BCUT2D eigenvalue weighted by atomic mass is 19.1. The van der Waals surface area contributed by atoms with E-state index in [9.17, 15) is 14.0 Å². The van der Waals surface area contributed by atoms with Crippen LogP contribution < -0.4 is 10.6 Å². The van der Waals surface area contributed by atoms with Crippen LogP contribution in [-0.2, 0) is 4.79 Å². The van der Waals surface area contributed by atoms with Crippen LogP contribution in [0, 0.1) is 17.7 Å². The molecule has 3 N–H and O–H groups in total. The summed E-state index contributed by atoms with van der Waals surface area (Å²) < 4.78 is 13.1. The summed E-state index contributed by atoms with van der Waals surface area (Å²) in [5.74, 6) is -2.45. The zero-order valence-corrected chi connectivity index (χ0v) is 10.5. The minimum atomic E-state index is -0.834. The van der Waals surface area contributed by atoms with Gasteiger partial charge >= 0.3 is 5.97 Å². The molecule has 5 nitrogen and oxygen atoms in total.